The molecule has 32 heavy (non-hydrogen) atoms. The van der Waals surface area contributed by atoms with Crippen molar-refractivity contribution in [3.8, 4) is 11.1 Å². The van der Waals surface area contributed by atoms with Crippen molar-refractivity contribution in [3.05, 3.63) is 100 Å². The monoisotopic (exact) mass is 427 g/mol. The van der Waals surface area contributed by atoms with Gasteiger partial charge in [0.15, 0.2) is 0 Å². The molecule has 0 radical (unpaired) electrons. The third kappa shape index (κ3) is 4.59. The Morgan fingerprint density at radius 1 is 0.875 bits per heavy atom. The van der Waals surface area contributed by atoms with Crippen LogP contribution in [0.2, 0.25) is 0 Å². The molecule has 0 aliphatic heterocycles. The van der Waals surface area contributed by atoms with Gasteiger partial charge in [-0.3, -0.25) is 4.79 Å². The van der Waals surface area contributed by atoms with Crippen molar-refractivity contribution < 1.29 is 18.7 Å². The van der Waals surface area contributed by atoms with Crippen molar-refractivity contribution in [2.45, 2.75) is 20.0 Å². The number of anilines is 1. The standard InChI is InChI=1S/C26H21NO5/c1-16(2)31-25(29)19-11-13-21(14-12-19)27-24(28)18-9-7-17(8-10-18)22-15-20-5-3-4-6-23(20)32-26(22)30/h3-16H,1-2H3,(H,27,28). The maximum Gasteiger partial charge on any atom is 0.344 e. The molecule has 0 aliphatic rings. The van der Waals surface area contributed by atoms with Crippen molar-refractivity contribution in [1.29, 1.82) is 0 Å². The molecule has 1 amide bonds. The lowest BCUT2D eigenvalue weighted by Crippen LogP contribution is -2.13. The van der Waals surface area contributed by atoms with Crippen LogP contribution in [0.5, 0.6) is 0 Å². The lowest BCUT2D eigenvalue weighted by molar-refractivity contribution is 0.0378. The van der Waals surface area contributed by atoms with Gasteiger partial charge in [0.05, 0.1) is 17.2 Å². The Bertz CT molecular complexity index is 1340. The Hall–Kier alpha value is -4.19. The highest BCUT2D eigenvalue weighted by Crippen LogP contribution is 2.22. The number of ether oxygens (including phenoxy) is 1. The Balaban J connectivity index is 1.49. The molecule has 3 aromatic carbocycles. The summed E-state index contributed by atoms with van der Waals surface area (Å²) in [6.07, 6.45) is -0.203. The van der Waals surface area contributed by atoms with E-state index in [-0.39, 0.29) is 12.0 Å². The van der Waals surface area contributed by atoms with Crippen molar-refractivity contribution in [2.75, 3.05) is 5.32 Å². The van der Waals surface area contributed by atoms with E-state index in [1.54, 1.807) is 74.5 Å². The molecular weight excluding hydrogens is 406 g/mol. The van der Waals surface area contributed by atoms with Crippen LogP contribution in [-0.4, -0.2) is 18.0 Å². The van der Waals surface area contributed by atoms with E-state index in [4.69, 9.17) is 9.15 Å². The van der Waals surface area contributed by atoms with Crippen LogP contribution in [0.4, 0.5) is 5.69 Å². The van der Waals surface area contributed by atoms with Crippen molar-refractivity contribution in [1.82, 2.24) is 0 Å². The number of benzene rings is 3. The van der Waals surface area contributed by atoms with Crippen molar-refractivity contribution in [2.24, 2.45) is 0 Å². The zero-order valence-corrected chi connectivity index (χ0v) is 17.6. The number of para-hydroxylation sites is 1. The highest BCUT2D eigenvalue weighted by atomic mass is 16.5. The molecule has 1 heterocycles. The lowest BCUT2D eigenvalue weighted by Gasteiger charge is -2.09. The molecular formula is C26H21NO5. The van der Waals surface area contributed by atoms with Gasteiger partial charge in [-0.1, -0.05) is 30.3 Å². The summed E-state index contributed by atoms with van der Waals surface area (Å²) < 4.78 is 10.5. The fourth-order valence-corrected chi connectivity index (χ4v) is 3.24. The number of rotatable bonds is 5. The SMILES string of the molecule is CC(C)OC(=O)c1ccc(NC(=O)c2ccc(-c3cc4ccccc4oc3=O)cc2)cc1. The highest BCUT2D eigenvalue weighted by molar-refractivity contribution is 6.04. The molecule has 6 nitrogen and oxygen atoms in total. The summed E-state index contributed by atoms with van der Waals surface area (Å²) >= 11 is 0. The van der Waals surface area contributed by atoms with Gasteiger partial charge < -0.3 is 14.5 Å². The number of amides is 1. The van der Waals surface area contributed by atoms with E-state index in [0.717, 1.165) is 5.39 Å². The molecule has 6 heteroatoms. The molecule has 160 valence electrons. The van der Waals surface area contributed by atoms with E-state index in [0.29, 0.717) is 33.5 Å². The van der Waals surface area contributed by atoms with Crippen molar-refractivity contribution in [3.63, 3.8) is 0 Å². The predicted molar refractivity (Wildman–Crippen MR) is 123 cm³/mol. The Morgan fingerprint density at radius 3 is 2.22 bits per heavy atom. The molecule has 4 aromatic rings. The van der Waals surface area contributed by atoms with Gasteiger partial charge in [0.1, 0.15) is 5.58 Å². The van der Waals surface area contributed by atoms with Crippen LogP contribution in [-0.2, 0) is 4.74 Å². The normalized spacial score (nSPS) is 10.8. The summed E-state index contributed by atoms with van der Waals surface area (Å²) in [6, 6.07) is 22.3. The van der Waals surface area contributed by atoms with Crippen LogP contribution in [0.1, 0.15) is 34.6 Å². The number of fused-ring (bicyclic) bond motifs is 1. The maximum absolute atomic E-state index is 12.6. The minimum atomic E-state index is -0.433. The van der Waals surface area contributed by atoms with Gasteiger partial charge in [0, 0.05) is 16.6 Å². The second-order valence-electron chi connectivity index (χ2n) is 7.55. The fraction of sp³-hybridized carbons (Fsp3) is 0.115. The van der Waals surface area contributed by atoms with Crippen LogP contribution < -0.4 is 10.9 Å². The fourth-order valence-electron chi connectivity index (χ4n) is 3.24. The first kappa shape index (κ1) is 21.1. The van der Waals surface area contributed by atoms with Crippen LogP contribution in [0.25, 0.3) is 22.1 Å². The number of carbonyl (C=O) groups excluding carboxylic acids is 2. The van der Waals surface area contributed by atoms with E-state index in [1.807, 2.05) is 18.2 Å². The van der Waals surface area contributed by atoms with Gasteiger partial charge in [-0.25, -0.2) is 9.59 Å². The van der Waals surface area contributed by atoms with Crippen LogP contribution >= 0.6 is 0 Å². The first-order valence-corrected chi connectivity index (χ1v) is 10.2. The second kappa shape index (κ2) is 8.89. The van der Waals surface area contributed by atoms with E-state index >= 15 is 0 Å². The number of carbonyl (C=O) groups is 2. The summed E-state index contributed by atoms with van der Waals surface area (Å²) in [5.41, 5.74) is 2.58. The molecule has 0 unspecified atom stereocenters. The van der Waals surface area contributed by atoms with Gasteiger partial charge in [-0.05, 0) is 67.9 Å². The van der Waals surface area contributed by atoms with E-state index < -0.39 is 11.6 Å². The zero-order valence-electron chi connectivity index (χ0n) is 17.6. The number of esters is 1. The van der Waals surface area contributed by atoms with E-state index in [1.165, 1.54) is 0 Å². The summed E-state index contributed by atoms with van der Waals surface area (Å²) in [5, 5.41) is 3.61. The molecule has 0 saturated carbocycles. The summed E-state index contributed by atoms with van der Waals surface area (Å²) in [4.78, 5) is 36.9. The summed E-state index contributed by atoms with van der Waals surface area (Å²) in [7, 11) is 0. The van der Waals surface area contributed by atoms with Crippen LogP contribution in [0.3, 0.4) is 0 Å². The predicted octanol–water partition coefficient (Wildman–Crippen LogP) is 5.28. The van der Waals surface area contributed by atoms with E-state index in [2.05, 4.69) is 5.32 Å². The minimum Gasteiger partial charge on any atom is -0.459 e. The lowest BCUT2D eigenvalue weighted by atomic mass is 10.0. The van der Waals surface area contributed by atoms with E-state index in [9.17, 15) is 14.4 Å². The molecule has 0 fully saturated rings. The molecule has 0 spiro atoms. The highest BCUT2D eigenvalue weighted by Gasteiger charge is 2.12. The third-order valence-electron chi connectivity index (χ3n) is 4.82. The van der Waals surface area contributed by atoms with Crippen molar-refractivity contribution >= 4 is 28.5 Å². The average Bonchev–Trinajstić information content (AvgIpc) is 2.78. The average molecular weight is 427 g/mol. The molecule has 0 saturated heterocycles. The topological polar surface area (TPSA) is 85.6 Å². The quantitative estimate of drug-likeness (QED) is 0.346. The number of hydrogen-bond donors (Lipinski definition) is 1. The Kier molecular flexibility index (Phi) is 5.85. The molecule has 0 aliphatic carbocycles. The van der Waals surface area contributed by atoms with Gasteiger partial charge >= 0.3 is 11.6 Å². The number of nitrogens with one attached hydrogen (secondary N) is 1. The Labute approximate surface area is 184 Å². The third-order valence-corrected chi connectivity index (χ3v) is 4.82. The molecule has 0 bridgehead atoms. The van der Waals surface area contributed by atoms with Gasteiger partial charge in [-0.15, -0.1) is 0 Å². The zero-order chi connectivity index (χ0) is 22.7. The van der Waals surface area contributed by atoms with Gasteiger partial charge in [0.2, 0.25) is 0 Å². The number of hydrogen-bond acceptors (Lipinski definition) is 5. The molecule has 0 atom stereocenters. The van der Waals surface area contributed by atoms with Gasteiger partial charge in [-0.2, -0.15) is 0 Å². The molecule has 1 N–H and O–H groups in total. The first-order valence-electron chi connectivity index (χ1n) is 10.2. The van der Waals surface area contributed by atoms with Crippen LogP contribution in [0.15, 0.2) is 88.1 Å². The molecule has 4 rings (SSSR count). The Morgan fingerprint density at radius 2 is 1.53 bits per heavy atom. The summed E-state index contributed by atoms with van der Waals surface area (Å²) in [5.74, 6) is -0.716. The molecule has 1 aromatic heterocycles. The maximum atomic E-state index is 12.6. The van der Waals surface area contributed by atoms with Gasteiger partial charge in [0.25, 0.3) is 5.91 Å². The smallest absolute Gasteiger partial charge is 0.344 e. The minimum absolute atomic E-state index is 0.203. The first-order chi connectivity index (χ1) is 15.4. The van der Waals surface area contributed by atoms with Crippen LogP contribution in [0, 0.1) is 0 Å². The largest absolute Gasteiger partial charge is 0.459 e. The summed E-state index contributed by atoms with van der Waals surface area (Å²) in [6.45, 7) is 3.56. The second-order valence-corrected chi connectivity index (χ2v) is 7.55.